The number of thiophene rings is 1. The van der Waals surface area contributed by atoms with Gasteiger partial charge in [-0.3, -0.25) is 0 Å². The zero-order chi connectivity index (χ0) is 13.2. The molecular formula is C9H10ClN3O2S3. The van der Waals surface area contributed by atoms with Crippen molar-refractivity contribution in [1.82, 2.24) is 9.71 Å². The standard InChI is InChI=1S/C9H10ClN3O2S3/c1-11-9-13-6(5-16-9)4-12-18(14,15)8-3-2-7(10)17-8/h2-3,5,12H,4H2,1H3,(H,11,13). The average Bonchev–Trinajstić information content (AvgIpc) is 2.95. The van der Waals surface area contributed by atoms with E-state index in [1.807, 2.05) is 0 Å². The van der Waals surface area contributed by atoms with Crippen molar-refractivity contribution in [3.8, 4) is 0 Å². The molecule has 98 valence electrons. The van der Waals surface area contributed by atoms with Gasteiger partial charge in [0, 0.05) is 12.4 Å². The van der Waals surface area contributed by atoms with Crippen LogP contribution in [0.25, 0.3) is 0 Å². The first-order valence-corrected chi connectivity index (χ1v) is 8.44. The maximum absolute atomic E-state index is 11.9. The monoisotopic (exact) mass is 323 g/mol. The summed E-state index contributed by atoms with van der Waals surface area (Å²) in [6, 6.07) is 3.04. The van der Waals surface area contributed by atoms with Crippen LogP contribution in [0.5, 0.6) is 0 Å². The summed E-state index contributed by atoms with van der Waals surface area (Å²) in [7, 11) is -1.74. The number of nitrogens with one attached hydrogen (secondary N) is 2. The minimum atomic E-state index is -3.51. The topological polar surface area (TPSA) is 71.1 Å². The van der Waals surface area contributed by atoms with Gasteiger partial charge in [-0.1, -0.05) is 11.6 Å². The molecule has 9 heteroatoms. The van der Waals surface area contributed by atoms with E-state index >= 15 is 0 Å². The first-order valence-electron chi connectivity index (χ1n) is 4.88. The Labute approximate surface area is 118 Å². The van der Waals surface area contributed by atoms with E-state index in [0.717, 1.165) is 16.5 Å². The second kappa shape index (κ2) is 5.54. The third-order valence-electron chi connectivity index (χ3n) is 2.02. The fraction of sp³-hybridized carbons (Fsp3) is 0.222. The fourth-order valence-electron chi connectivity index (χ4n) is 1.19. The molecular weight excluding hydrogens is 314 g/mol. The Balaban J connectivity index is 2.05. The Kier molecular flexibility index (Phi) is 4.23. The largest absolute Gasteiger partial charge is 0.365 e. The van der Waals surface area contributed by atoms with E-state index in [9.17, 15) is 8.42 Å². The van der Waals surface area contributed by atoms with Gasteiger partial charge in [-0.05, 0) is 12.1 Å². The van der Waals surface area contributed by atoms with Crippen LogP contribution < -0.4 is 10.0 Å². The summed E-state index contributed by atoms with van der Waals surface area (Å²) in [6.45, 7) is 0.163. The van der Waals surface area contributed by atoms with Gasteiger partial charge in [0.25, 0.3) is 0 Å². The SMILES string of the molecule is CNc1nc(CNS(=O)(=O)c2ccc(Cl)s2)cs1. The zero-order valence-corrected chi connectivity index (χ0v) is 12.5. The lowest BCUT2D eigenvalue weighted by Crippen LogP contribution is -2.22. The first kappa shape index (κ1) is 13.8. The molecule has 0 unspecified atom stereocenters. The summed E-state index contributed by atoms with van der Waals surface area (Å²) < 4.78 is 26.9. The molecule has 0 aromatic carbocycles. The molecule has 0 atom stereocenters. The minimum absolute atomic E-state index is 0.163. The summed E-state index contributed by atoms with van der Waals surface area (Å²) >= 11 is 8.16. The zero-order valence-electron chi connectivity index (χ0n) is 9.31. The molecule has 0 aliphatic heterocycles. The van der Waals surface area contributed by atoms with E-state index in [1.165, 1.54) is 17.4 Å². The molecule has 2 heterocycles. The second-order valence-electron chi connectivity index (χ2n) is 3.28. The highest BCUT2D eigenvalue weighted by Crippen LogP contribution is 2.25. The van der Waals surface area contributed by atoms with Crippen molar-refractivity contribution >= 4 is 49.4 Å². The van der Waals surface area contributed by atoms with Crippen LogP contribution in [0.4, 0.5) is 5.13 Å². The number of hydrogen-bond donors (Lipinski definition) is 2. The molecule has 0 bridgehead atoms. The van der Waals surface area contributed by atoms with E-state index < -0.39 is 10.0 Å². The van der Waals surface area contributed by atoms with Crippen LogP contribution in [0, 0.1) is 0 Å². The van der Waals surface area contributed by atoms with Gasteiger partial charge >= 0.3 is 0 Å². The molecule has 0 amide bonds. The number of hydrogen-bond acceptors (Lipinski definition) is 6. The van der Waals surface area contributed by atoms with Gasteiger partial charge in [-0.25, -0.2) is 18.1 Å². The third-order valence-corrected chi connectivity index (χ3v) is 6.06. The van der Waals surface area contributed by atoms with E-state index in [1.54, 1.807) is 18.5 Å². The van der Waals surface area contributed by atoms with E-state index in [4.69, 9.17) is 11.6 Å². The van der Waals surface area contributed by atoms with Gasteiger partial charge in [0.1, 0.15) is 4.21 Å². The van der Waals surface area contributed by atoms with Gasteiger partial charge in [0.15, 0.2) is 5.13 Å². The van der Waals surface area contributed by atoms with Gasteiger partial charge in [0.05, 0.1) is 16.6 Å². The summed E-state index contributed by atoms with van der Waals surface area (Å²) in [5.41, 5.74) is 0.676. The Morgan fingerprint density at radius 3 is 2.78 bits per heavy atom. The lowest BCUT2D eigenvalue weighted by molar-refractivity contribution is 0.583. The highest BCUT2D eigenvalue weighted by Gasteiger charge is 2.16. The molecule has 2 aromatic heterocycles. The number of rotatable bonds is 5. The maximum Gasteiger partial charge on any atom is 0.250 e. The van der Waals surface area contributed by atoms with Crippen molar-refractivity contribution in [3.05, 3.63) is 27.5 Å². The Bertz CT molecular complexity index is 635. The van der Waals surface area contributed by atoms with Crippen molar-refractivity contribution in [1.29, 1.82) is 0 Å². The van der Waals surface area contributed by atoms with E-state index in [-0.39, 0.29) is 10.8 Å². The molecule has 2 N–H and O–H groups in total. The first-order chi connectivity index (χ1) is 8.51. The Morgan fingerprint density at radius 2 is 2.22 bits per heavy atom. The number of aromatic nitrogens is 1. The van der Waals surface area contributed by atoms with Crippen LogP contribution in [0.15, 0.2) is 21.7 Å². The average molecular weight is 324 g/mol. The van der Waals surface area contributed by atoms with Crippen molar-refractivity contribution in [2.45, 2.75) is 10.8 Å². The number of halogens is 1. The van der Waals surface area contributed by atoms with Gasteiger partial charge in [0.2, 0.25) is 10.0 Å². The summed E-state index contributed by atoms with van der Waals surface area (Å²) in [6.07, 6.45) is 0. The quantitative estimate of drug-likeness (QED) is 0.886. The van der Waals surface area contributed by atoms with Crippen molar-refractivity contribution in [2.75, 3.05) is 12.4 Å². The van der Waals surface area contributed by atoms with Gasteiger partial charge in [-0.2, -0.15) is 0 Å². The van der Waals surface area contributed by atoms with Crippen LogP contribution in [-0.4, -0.2) is 20.4 Å². The minimum Gasteiger partial charge on any atom is -0.365 e. The predicted octanol–water partition coefficient (Wildman–Crippen LogP) is 2.38. The normalized spacial score (nSPS) is 11.7. The Morgan fingerprint density at radius 1 is 1.44 bits per heavy atom. The molecule has 0 saturated heterocycles. The molecule has 2 rings (SSSR count). The number of thiazole rings is 1. The predicted molar refractivity (Wildman–Crippen MR) is 75.0 cm³/mol. The summed E-state index contributed by atoms with van der Waals surface area (Å²) in [5, 5.41) is 5.45. The summed E-state index contributed by atoms with van der Waals surface area (Å²) in [5.74, 6) is 0. The molecule has 0 spiro atoms. The Hall–Kier alpha value is -0.670. The molecule has 18 heavy (non-hydrogen) atoms. The van der Waals surface area contributed by atoms with Crippen LogP contribution in [0.2, 0.25) is 4.34 Å². The maximum atomic E-state index is 11.9. The molecule has 0 fully saturated rings. The number of nitrogens with zero attached hydrogens (tertiary/aromatic N) is 1. The molecule has 0 aliphatic rings. The lowest BCUT2D eigenvalue weighted by Gasteiger charge is -2.02. The van der Waals surface area contributed by atoms with Crippen LogP contribution in [-0.2, 0) is 16.6 Å². The molecule has 0 aliphatic carbocycles. The number of anilines is 1. The van der Waals surface area contributed by atoms with Crippen molar-refractivity contribution < 1.29 is 8.42 Å². The van der Waals surface area contributed by atoms with Crippen LogP contribution in [0.1, 0.15) is 5.69 Å². The lowest BCUT2D eigenvalue weighted by atomic mass is 10.5. The van der Waals surface area contributed by atoms with E-state index in [2.05, 4.69) is 15.0 Å². The molecule has 0 saturated carbocycles. The third kappa shape index (κ3) is 3.21. The highest BCUT2D eigenvalue weighted by atomic mass is 35.5. The molecule has 2 aromatic rings. The van der Waals surface area contributed by atoms with Crippen LogP contribution in [0.3, 0.4) is 0 Å². The van der Waals surface area contributed by atoms with Crippen molar-refractivity contribution in [3.63, 3.8) is 0 Å². The van der Waals surface area contributed by atoms with Crippen LogP contribution >= 0.6 is 34.3 Å². The van der Waals surface area contributed by atoms with Gasteiger partial charge in [-0.15, -0.1) is 22.7 Å². The number of sulfonamides is 1. The molecule has 0 radical (unpaired) electrons. The second-order valence-corrected chi connectivity index (χ2v) is 7.84. The highest BCUT2D eigenvalue weighted by molar-refractivity contribution is 7.91. The smallest absolute Gasteiger partial charge is 0.250 e. The van der Waals surface area contributed by atoms with E-state index in [0.29, 0.717) is 10.0 Å². The fourth-order valence-corrected chi connectivity index (χ4v) is 4.38. The molecule has 5 nitrogen and oxygen atoms in total. The van der Waals surface area contributed by atoms with Crippen molar-refractivity contribution in [2.24, 2.45) is 0 Å². The summed E-state index contributed by atoms with van der Waals surface area (Å²) in [4.78, 5) is 4.19. The van der Waals surface area contributed by atoms with Gasteiger partial charge < -0.3 is 5.32 Å².